The van der Waals surface area contributed by atoms with E-state index in [4.69, 9.17) is 9.15 Å². The molecule has 0 saturated carbocycles. The minimum atomic E-state index is -0.450. The van der Waals surface area contributed by atoms with Crippen LogP contribution in [-0.2, 0) is 4.74 Å². The molecule has 1 aromatic carbocycles. The summed E-state index contributed by atoms with van der Waals surface area (Å²) in [5.41, 5.74) is 2.28. The Morgan fingerprint density at radius 2 is 2.00 bits per heavy atom. The minimum absolute atomic E-state index is 0.0894. The van der Waals surface area contributed by atoms with Gasteiger partial charge in [-0.2, -0.15) is 0 Å². The molecule has 2 aliphatic rings. The summed E-state index contributed by atoms with van der Waals surface area (Å²) in [6.45, 7) is 5.56. The molecule has 1 spiro atoms. The lowest BCUT2D eigenvalue weighted by Gasteiger charge is -2.36. The molecule has 3 heterocycles. The third-order valence-electron chi connectivity index (χ3n) is 5.11. The van der Waals surface area contributed by atoms with Crippen LogP contribution in [0.1, 0.15) is 34.5 Å². The highest BCUT2D eigenvalue weighted by atomic mass is 16.6. The molecule has 0 atom stereocenters. The molecular weight excluding hydrogens is 308 g/mol. The number of fused-ring (bicyclic) bond motifs is 1. The number of furan rings is 1. The third kappa shape index (κ3) is 2.33. The van der Waals surface area contributed by atoms with Crippen molar-refractivity contribution in [2.45, 2.75) is 32.3 Å². The molecule has 4 rings (SSSR count). The number of nitrogens with zero attached hydrogens (tertiary/aromatic N) is 1. The predicted octanol–water partition coefficient (Wildman–Crippen LogP) is 2.76. The summed E-state index contributed by atoms with van der Waals surface area (Å²) in [4.78, 5) is 25.9. The second kappa shape index (κ2) is 5.26. The lowest BCUT2D eigenvalue weighted by molar-refractivity contribution is 0.00247. The summed E-state index contributed by atoms with van der Waals surface area (Å²) in [5, 5.41) is 3.68. The van der Waals surface area contributed by atoms with Gasteiger partial charge in [0.2, 0.25) is 0 Å². The Bertz CT molecular complexity index is 831. The number of piperidine rings is 1. The second-order valence-electron chi connectivity index (χ2n) is 6.77. The Morgan fingerprint density at radius 1 is 1.25 bits per heavy atom. The Morgan fingerprint density at radius 3 is 2.67 bits per heavy atom. The molecule has 2 aromatic rings. The van der Waals surface area contributed by atoms with Gasteiger partial charge in [0.15, 0.2) is 5.76 Å². The number of hydrogen-bond acceptors (Lipinski definition) is 4. The second-order valence-corrected chi connectivity index (χ2v) is 6.77. The van der Waals surface area contributed by atoms with Crippen molar-refractivity contribution in [2.24, 2.45) is 0 Å². The number of ether oxygens (including phenoxy) is 1. The fraction of sp³-hybridized carbons (Fsp3) is 0.444. The normalized spacial score (nSPS) is 19.6. The van der Waals surface area contributed by atoms with E-state index in [0.29, 0.717) is 38.2 Å². The zero-order valence-electron chi connectivity index (χ0n) is 13.8. The summed E-state index contributed by atoms with van der Waals surface area (Å²) in [5.74, 6) is 0.321. The number of alkyl carbamates (subject to hydrolysis) is 1. The lowest BCUT2D eigenvalue weighted by atomic mass is 9.91. The zero-order valence-corrected chi connectivity index (χ0v) is 13.8. The molecule has 6 heteroatoms. The fourth-order valence-electron chi connectivity index (χ4n) is 3.58. The van der Waals surface area contributed by atoms with Crippen molar-refractivity contribution in [3.8, 4) is 0 Å². The molecule has 1 N–H and O–H groups in total. The van der Waals surface area contributed by atoms with Gasteiger partial charge in [0.1, 0.15) is 11.2 Å². The van der Waals surface area contributed by atoms with Crippen LogP contribution in [0.5, 0.6) is 0 Å². The van der Waals surface area contributed by atoms with Crippen molar-refractivity contribution in [3.05, 3.63) is 35.1 Å². The van der Waals surface area contributed by atoms with E-state index in [2.05, 4.69) is 5.32 Å². The van der Waals surface area contributed by atoms with Gasteiger partial charge in [0, 0.05) is 36.9 Å². The predicted molar refractivity (Wildman–Crippen MR) is 88.0 cm³/mol. The maximum Gasteiger partial charge on any atom is 0.407 e. The molecule has 2 amide bonds. The van der Waals surface area contributed by atoms with Crippen LogP contribution < -0.4 is 5.32 Å². The molecule has 2 saturated heterocycles. The Hall–Kier alpha value is -2.50. The monoisotopic (exact) mass is 328 g/mol. The van der Waals surface area contributed by atoms with E-state index in [9.17, 15) is 9.59 Å². The zero-order chi connectivity index (χ0) is 16.9. The van der Waals surface area contributed by atoms with E-state index in [1.54, 1.807) is 4.90 Å². The van der Waals surface area contributed by atoms with E-state index >= 15 is 0 Å². The lowest BCUT2D eigenvalue weighted by Crippen LogP contribution is -2.48. The van der Waals surface area contributed by atoms with Crippen LogP contribution in [0.2, 0.25) is 0 Å². The number of aryl methyl sites for hydroxylation is 2. The van der Waals surface area contributed by atoms with Crippen LogP contribution in [0.3, 0.4) is 0 Å². The van der Waals surface area contributed by atoms with Gasteiger partial charge < -0.3 is 19.4 Å². The van der Waals surface area contributed by atoms with E-state index in [-0.39, 0.29) is 12.0 Å². The molecular formula is C18H20N2O4. The number of hydrogen-bond donors (Lipinski definition) is 1. The van der Waals surface area contributed by atoms with Crippen LogP contribution >= 0.6 is 0 Å². The first-order chi connectivity index (χ1) is 11.5. The highest BCUT2D eigenvalue weighted by molar-refractivity contribution is 5.99. The average Bonchev–Trinajstić information content (AvgIpc) is 3.08. The average molecular weight is 328 g/mol. The summed E-state index contributed by atoms with van der Waals surface area (Å²) in [6, 6.07) is 5.97. The van der Waals surface area contributed by atoms with Crippen LogP contribution in [0.15, 0.2) is 22.6 Å². The molecule has 1 aromatic heterocycles. The third-order valence-corrected chi connectivity index (χ3v) is 5.11. The maximum absolute atomic E-state index is 12.9. The van der Waals surface area contributed by atoms with Crippen molar-refractivity contribution < 1.29 is 18.7 Å². The van der Waals surface area contributed by atoms with Gasteiger partial charge in [0.05, 0.1) is 6.54 Å². The summed E-state index contributed by atoms with van der Waals surface area (Å²) in [6.07, 6.45) is 0.935. The molecule has 6 nitrogen and oxygen atoms in total. The first kappa shape index (κ1) is 15.1. The van der Waals surface area contributed by atoms with Crippen molar-refractivity contribution in [3.63, 3.8) is 0 Å². The summed E-state index contributed by atoms with van der Waals surface area (Å²) in [7, 11) is 0. The number of carbonyl (C=O) groups excluding carboxylic acids is 2. The maximum atomic E-state index is 12.9. The van der Waals surface area contributed by atoms with Crippen molar-refractivity contribution in [1.29, 1.82) is 0 Å². The topological polar surface area (TPSA) is 71.8 Å². The van der Waals surface area contributed by atoms with E-state index in [1.807, 2.05) is 32.0 Å². The van der Waals surface area contributed by atoms with E-state index < -0.39 is 5.60 Å². The number of amides is 2. The quantitative estimate of drug-likeness (QED) is 0.874. The highest BCUT2D eigenvalue weighted by Gasteiger charge is 2.44. The van der Waals surface area contributed by atoms with Gasteiger partial charge in [-0.25, -0.2) is 4.79 Å². The van der Waals surface area contributed by atoms with E-state index in [1.165, 1.54) is 0 Å². The van der Waals surface area contributed by atoms with Gasteiger partial charge >= 0.3 is 6.09 Å². The standard InChI is InChI=1S/C18H20N2O4/c1-11-3-4-13-12(2)15(23-14(13)9-11)16(21)20-7-5-18(6-8-20)10-19-17(22)24-18/h3-4,9H,5-8,10H2,1-2H3,(H,19,22). The smallest absolute Gasteiger partial charge is 0.407 e. The molecule has 0 radical (unpaired) electrons. The number of likely N-dealkylation sites (tertiary alicyclic amines) is 1. The summed E-state index contributed by atoms with van der Waals surface area (Å²) < 4.78 is 11.2. The van der Waals surface area contributed by atoms with Crippen LogP contribution in [-0.4, -0.2) is 42.1 Å². The van der Waals surface area contributed by atoms with E-state index in [0.717, 1.165) is 22.1 Å². The Kier molecular flexibility index (Phi) is 3.30. The fourth-order valence-corrected chi connectivity index (χ4v) is 3.58. The number of nitrogens with one attached hydrogen (secondary N) is 1. The van der Waals surface area contributed by atoms with Gasteiger partial charge in [-0.3, -0.25) is 4.79 Å². The number of benzene rings is 1. The van der Waals surface area contributed by atoms with Crippen LogP contribution in [0.4, 0.5) is 4.79 Å². The molecule has 2 fully saturated rings. The molecule has 0 aliphatic carbocycles. The Balaban J connectivity index is 1.55. The largest absolute Gasteiger partial charge is 0.451 e. The molecule has 0 unspecified atom stereocenters. The van der Waals surface area contributed by atoms with Crippen LogP contribution in [0, 0.1) is 13.8 Å². The van der Waals surface area contributed by atoms with Gasteiger partial charge in [-0.15, -0.1) is 0 Å². The Labute approximate surface area is 139 Å². The molecule has 0 bridgehead atoms. The van der Waals surface area contributed by atoms with Crippen molar-refractivity contribution in [1.82, 2.24) is 10.2 Å². The number of rotatable bonds is 1. The van der Waals surface area contributed by atoms with Crippen molar-refractivity contribution in [2.75, 3.05) is 19.6 Å². The summed E-state index contributed by atoms with van der Waals surface area (Å²) >= 11 is 0. The van der Waals surface area contributed by atoms with Gasteiger partial charge in [-0.1, -0.05) is 12.1 Å². The first-order valence-corrected chi connectivity index (χ1v) is 8.23. The highest BCUT2D eigenvalue weighted by Crippen LogP contribution is 2.32. The van der Waals surface area contributed by atoms with Gasteiger partial charge in [0.25, 0.3) is 5.91 Å². The van der Waals surface area contributed by atoms with Gasteiger partial charge in [-0.05, 0) is 25.5 Å². The number of carbonyl (C=O) groups is 2. The molecule has 126 valence electrons. The first-order valence-electron chi connectivity index (χ1n) is 8.23. The SMILES string of the molecule is Cc1ccc2c(C)c(C(=O)N3CCC4(CC3)CNC(=O)O4)oc2c1. The molecule has 24 heavy (non-hydrogen) atoms. The minimum Gasteiger partial charge on any atom is -0.451 e. The molecule has 2 aliphatic heterocycles. The van der Waals surface area contributed by atoms with Crippen LogP contribution in [0.25, 0.3) is 11.0 Å². The van der Waals surface area contributed by atoms with Crippen molar-refractivity contribution >= 4 is 23.0 Å².